The molecule has 0 unspecified atom stereocenters. The summed E-state index contributed by atoms with van der Waals surface area (Å²) in [5.74, 6) is 1.42. The molecule has 2 rings (SSSR count). The third kappa shape index (κ3) is 5.14. The zero-order valence-corrected chi connectivity index (χ0v) is 12.0. The highest BCUT2D eigenvalue weighted by atomic mass is 16.5. The molecule has 1 aromatic carbocycles. The number of carbonyl (C=O) groups excluding carboxylic acids is 1. The van der Waals surface area contributed by atoms with Crippen LogP contribution < -0.4 is 15.4 Å². The van der Waals surface area contributed by atoms with Gasteiger partial charge in [-0.05, 0) is 37.1 Å². The van der Waals surface area contributed by atoms with Gasteiger partial charge in [0.2, 0.25) is 0 Å². The molecule has 1 heterocycles. The second kappa shape index (κ2) is 7.89. The summed E-state index contributed by atoms with van der Waals surface area (Å²) < 4.78 is 5.65. The highest BCUT2D eigenvalue weighted by Gasteiger charge is 2.01. The van der Waals surface area contributed by atoms with Crippen LogP contribution in [0.2, 0.25) is 0 Å². The Bertz CT molecular complexity index is 573. The lowest BCUT2D eigenvalue weighted by atomic mass is 10.2. The van der Waals surface area contributed by atoms with E-state index < -0.39 is 0 Å². The number of urea groups is 1. The third-order valence-corrected chi connectivity index (χ3v) is 2.86. The summed E-state index contributed by atoms with van der Waals surface area (Å²) in [6.45, 7) is 3.12. The maximum Gasteiger partial charge on any atom is 0.320 e. The van der Waals surface area contributed by atoms with Crippen molar-refractivity contribution in [3.8, 4) is 5.75 Å². The maximum absolute atomic E-state index is 11.6. The number of pyridine rings is 1. The van der Waals surface area contributed by atoms with Crippen molar-refractivity contribution in [1.82, 2.24) is 10.3 Å². The highest BCUT2D eigenvalue weighted by Crippen LogP contribution is 2.15. The number of nitrogens with zero attached hydrogens (tertiary/aromatic N) is 1. The lowest BCUT2D eigenvalue weighted by Gasteiger charge is -2.09. The summed E-state index contributed by atoms with van der Waals surface area (Å²) in [7, 11) is 0. The lowest BCUT2D eigenvalue weighted by Crippen LogP contribution is -2.30. The Morgan fingerprint density at radius 3 is 2.76 bits per heavy atom. The summed E-state index contributed by atoms with van der Waals surface area (Å²) in [5.41, 5.74) is 1.11. The molecule has 0 saturated heterocycles. The van der Waals surface area contributed by atoms with Crippen molar-refractivity contribution in [3.63, 3.8) is 0 Å². The number of benzene rings is 1. The SMILES string of the molecule is Cc1ccccc1OCCCNC(=O)Nc1ccccn1. The molecule has 0 atom stereocenters. The van der Waals surface area contributed by atoms with E-state index in [1.54, 1.807) is 18.3 Å². The van der Waals surface area contributed by atoms with Gasteiger partial charge in [0.15, 0.2) is 0 Å². The molecule has 110 valence electrons. The number of aryl methyl sites for hydroxylation is 1. The van der Waals surface area contributed by atoms with Crippen LogP contribution in [0.25, 0.3) is 0 Å². The van der Waals surface area contributed by atoms with Crippen LogP contribution in [0.4, 0.5) is 10.6 Å². The summed E-state index contributed by atoms with van der Waals surface area (Å²) in [5, 5.41) is 5.42. The van der Waals surface area contributed by atoms with Gasteiger partial charge in [-0.15, -0.1) is 0 Å². The molecule has 0 spiro atoms. The third-order valence-electron chi connectivity index (χ3n) is 2.86. The fourth-order valence-electron chi connectivity index (χ4n) is 1.77. The Morgan fingerprint density at radius 1 is 1.19 bits per heavy atom. The Labute approximate surface area is 124 Å². The Balaban J connectivity index is 1.62. The molecule has 0 bridgehead atoms. The van der Waals surface area contributed by atoms with Crippen molar-refractivity contribution in [1.29, 1.82) is 0 Å². The summed E-state index contributed by atoms with van der Waals surface area (Å²) >= 11 is 0. The predicted octanol–water partition coefficient (Wildman–Crippen LogP) is 2.98. The van der Waals surface area contributed by atoms with E-state index in [9.17, 15) is 4.79 Å². The molecule has 1 aromatic heterocycles. The smallest absolute Gasteiger partial charge is 0.320 e. The molecular weight excluding hydrogens is 266 g/mol. The largest absolute Gasteiger partial charge is 0.493 e. The molecule has 2 amide bonds. The van der Waals surface area contributed by atoms with Crippen LogP contribution in [0.15, 0.2) is 48.7 Å². The van der Waals surface area contributed by atoms with Crippen LogP contribution in [-0.2, 0) is 0 Å². The van der Waals surface area contributed by atoms with Crippen LogP contribution in [0.1, 0.15) is 12.0 Å². The van der Waals surface area contributed by atoms with E-state index in [0.29, 0.717) is 19.0 Å². The van der Waals surface area contributed by atoms with E-state index in [2.05, 4.69) is 15.6 Å². The minimum atomic E-state index is -0.260. The van der Waals surface area contributed by atoms with Crippen molar-refractivity contribution in [2.45, 2.75) is 13.3 Å². The topological polar surface area (TPSA) is 63.2 Å². The molecule has 0 aliphatic carbocycles. The van der Waals surface area contributed by atoms with Crippen molar-refractivity contribution < 1.29 is 9.53 Å². The quantitative estimate of drug-likeness (QED) is 0.802. The predicted molar refractivity (Wildman–Crippen MR) is 82.5 cm³/mol. The molecular formula is C16H19N3O2. The lowest BCUT2D eigenvalue weighted by molar-refractivity contribution is 0.250. The van der Waals surface area contributed by atoms with Gasteiger partial charge in [0.05, 0.1) is 6.61 Å². The van der Waals surface area contributed by atoms with Crippen molar-refractivity contribution >= 4 is 11.8 Å². The number of hydrogen-bond donors (Lipinski definition) is 2. The van der Waals surface area contributed by atoms with Gasteiger partial charge >= 0.3 is 6.03 Å². The minimum Gasteiger partial charge on any atom is -0.493 e. The number of anilines is 1. The maximum atomic E-state index is 11.6. The number of ether oxygens (including phenoxy) is 1. The van der Waals surface area contributed by atoms with E-state index in [1.807, 2.05) is 37.3 Å². The number of hydrogen-bond acceptors (Lipinski definition) is 3. The van der Waals surface area contributed by atoms with E-state index >= 15 is 0 Å². The first kappa shape index (κ1) is 14.8. The van der Waals surface area contributed by atoms with Crippen LogP contribution in [0.3, 0.4) is 0 Å². The van der Waals surface area contributed by atoms with E-state index in [0.717, 1.165) is 17.7 Å². The summed E-state index contributed by atoms with van der Waals surface area (Å²) in [4.78, 5) is 15.6. The average Bonchev–Trinajstić information content (AvgIpc) is 2.50. The molecule has 2 aromatic rings. The fraction of sp³-hybridized carbons (Fsp3) is 0.250. The van der Waals surface area contributed by atoms with Crippen LogP contribution >= 0.6 is 0 Å². The number of para-hydroxylation sites is 1. The first-order valence-corrected chi connectivity index (χ1v) is 6.90. The van der Waals surface area contributed by atoms with Gasteiger partial charge in [0.1, 0.15) is 11.6 Å². The molecule has 0 radical (unpaired) electrons. The summed E-state index contributed by atoms with van der Waals surface area (Å²) in [6, 6.07) is 13.0. The van der Waals surface area contributed by atoms with E-state index in [1.165, 1.54) is 0 Å². The van der Waals surface area contributed by atoms with E-state index in [-0.39, 0.29) is 6.03 Å². The highest BCUT2D eigenvalue weighted by molar-refractivity contribution is 5.88. The van der Waals surface area contributed by atoms with Crippen molar-refractivity contribution in [2.24, 2.45) is 0 Å². The average molecular weight is 285 g/mol. The molecule has 2 N–H and O–H groups in total. The van der Waals surface area contributed by atoms with Crippen LogP contribution in [-0.4, -0.2) is 24.2 Å². The second-order valence-electron chi connectivity index (χ2n) is 4.56. The number of rotatable bonds is 6. The number of amides is 2. The Hall–Kier alpha value is -2.56. The number of aromatic nitrogens is 1. The number of carbonyl (C=O) groups is 1. The van der Waals surface area contributed by atoms with Crippen LogP contribution in [0, 0.1) is 6.92 Å². The summed E-state index contributed by atoms with van der Waals surface area (Å²) in [6.07, 6.45) is 2.37. The fourth-order valence-corrected chi connectivity index (χ4v) is 1.77. The second-order valence-corrected chi connectivity index (χ2v) is 4.56. The van der Waals surface area contributed by atoms with Gasteiger partial charge in [0, 0.05) is 12.7 Å². The molecule has 21 heavy (non-hydrogen) atoms. The molecule has 5 nitrogen and oxygen atoms in total. The monoisotopic (exact) mass is 285 g/mol. The van der Waals surface area contributed by atoms with Crippen molar-refractivity contribution in [2.75, 3.05) is 18.5 Å². The first-order valence-electron chi connectivity index (χ1n) is 6.90. The van der Waals surface area contributed by atoms with Gasteiger partial charge in [0.25, 0.3) is 0 Å². The van der Waals surface area contributed by atoms with E-state index in [4.69, 9.17) is 4.74 Å². The number of nitrogens with one attached hydrogen (secondary N) is 2. The Morgan fingerprint density at radius 2 is 2.00 bits per heavy atom. The molecule has 0 fully saturated rings. The zero-order valence-electron chi connectivity index (χ0n) is 12.0. The van der Waals surface area contributed by atoms with Gasteiger partial charge in [-0.3, -0.25) is 5.32 Å². The Kier molecular flexibility index (Phi) is 5.58. The van der Waals surface area contributed by atoms with Crippen LogP contribution in [0.5, 0.6) is 5.75 Å². The molecule has 0 aliphatic rings. The molecule has 0 saturated carbocycles. The minimum absolute atomic E-state index is 0.260. The normalized spacial score (nSPS) is 9.95. The molecule has 5 heteroatoms. The van der Waals surface area contributed by atoms with Gasteiger partial charge in [-0.25, -0.2) is 9.78 Å². The first-order chi connectivity index (χ1) is 10.3. The molecule has 0 aliphatic heterocycles. The van der Waals surface area contributed by atoms with Gasteiger partial charge in [-0.1, -0.05) is 24.3 Å². The standard InChI is InChI=1S/C16H19N3O2/c1-13-7-2-3-8-14(13)21-12-6-11-18-16(20)19-15-9-4-5-10-17-15/h2-5,7-10H,6,11-12H2,1H3,(H2,17,18,19,20). The van der Waals surface area contributed by atoms with Gasteiger partial charge < -0.3 is 10.1 Å². The van der Waals surface area contributed by atoms with Gasteiger partial charge in [-0.2, -0.15) is 0 Å². The zero-order chi connectivity index (χ0) is 14.9. The van der Waals surface area contributed by atoms with Crippen molar-refractivity contribution in [3.05, 3.63) is 54.2 Å².